The van der Waals surface area contributed by atoms with Gasteiger partial charge in [0.15, 0.2) is 26.5 Å². The first kappa shape index (κ1) is 18.1. The van der Waals surface area contributed by atoms with E-state index in [1.807, 2.05) is 4.90 Å². The van der Waals surface area contributed by atoms with E-state index in [4.69, 9.17) is 9.47 Å². The second-order valence-corrected chi connectivity index (χ2v) is 9.43. The second-order valence-electron chi connectivity index (χ2n) is 6.07. The highest BCUT2D eigenvalue weighted by atomic mass is 32.2. The van der Waals surface area contributed by atoms with Crippen molar-refractivity contribution < 1.29 is 22.7 Å². The van der Waals surface area contributed by atoms with Crippen LogP contribution in [0.1, 0.15) is 5.56 Å². The summed E-state index contributed by atoms with van der Waals surface area (Å²) in [6.07, 6.45) is 0.145. The molecule has 9 heteroatoms. The first-order valence-electron chi connectivity index (χ1n) is 7.75. The molecule has 0 saturated carbocycles. The van der Waals surface area contributed by atoms with Crippen molar-refractivity contribution in [3.05, 3.63) is 23.8 Å². The van der Waals surface area contributed by atoms with Gasteiger partial charge in [-0.1, -0.05) is 17.8 Å². The number of amidine groups is 1. The van der Waals surface area contributed by atoms with Gasteiger partial charge in [0.2, 0.25) is 0 Å². The lowest BCUT2D eigenvalue weighted by Gasteiger charge is -2.17. The molecule has 2 aliphatic heterocycles. The average molecular weight is 384 g/mol. The number of nitrogens with zero attached hydrogens (tertiary/aromatic N) is 2. The van der Waals surface area contributed by atoms with Crippen LogP contribution in [0.3, 0.4) is 0 Å². The van der Waals surface area contributed by atoms with Crippen molar-refractivity contribution in [2.45, 2.75) is 17.7 Å². The fraction of sp³-hybridized carbons (Fsp3) is 0.500. The Morgan fingerprint density at radius 1 is 1.28 bits per heavy atom. The Morgan fingerprint density at radius 3 is 2.64 bits per heavy atom. The molecule has 0 N–H and O–H groups in total. The summed E-state index contributed by atoms with van der Waals surface area (Å²) >= 11 is 1.38. The summed E-state index contributed by atoms with van der Waals surface area (Å²) in [5.41, 5.74) is 0.778. The standard InChI is InChI=1S/C16H20N2O5S2/c1-18-11-8-25(20,21)9-14(11)24-16(18)17-15(19)7-10-4-5-12(22-2)13(6-10)23-3/h4-6,11,14H,7-9H2,1-3H3/t11-,14+/m1/s1. The molecule has 2 saturated heterocycles. The Bertz CT molecular complexity index is 822. The van der Waals surface area contributed by atoms with E-state index in [-0.39, 0.29) is 35.1 Å². The van der Waals surface area contributed by atoms with Crippen LogP contribution in [0.25, 0.3) is 0 Å². The molecule has 0 aromatic heterocycles. The van der Waals surface area contributed by atoms with Crippen molar-refractivity contribution in [2.24, 2.45) is 4.99 Å². The molecule has 2 atom stereocenters. The van der Waals surface area contributed by atoms with Crippen molar-refractivity contribution >= 4 is 32.7 Å². The molecule has 1 amide bonds. The number of hydrogen-bond acceptors (Lipinski definition) is 6. The van der Waals surface area contributed by atoms with E-state index in [1.165, 1.54) is 11.8 Å². The van der Waals surface area contributed by atoms with Crippen LogP contribution in [0.5, 0.6) is 11.5 Å². The van der Waals surface area contributed by atoms with E-state index in [0.717, 1.165) is 5.56 Å². The maximum Gasteiger partial charge on any atom is 0.252 e. The third kappa shape index (κ3) is 3.77. The van der Waals surface area contributed by atoms with Crippen LogP contribution >= 0.6 is 11.8 Å². The average Bonchev–Trinajstić information content (AvgIpc) is 3.00. The van der Waals surface area contributed by atoms with Crippen molar-refractivity contribution in [3.8, 4) is 11.5 Å². The minimum atomic E-state index is -2.98. The molecule has 2 heterocycles. The fourth-order valence-corrected chi connectivity index (χ4v) is 7.06. The molecule has 0 unspecified atom stereocenters. The van der Waals surface area contributed by atoms with E-state index in [9.17, 15) is 13.2 Å². The molecule has 0 spiro atoms. The molecule has 0 aliphatic carbocycles. The number of hydrogen-bond donors (Lipinski definition) is 0. The number of rotatable bonds is 4. The van der Waals surface area contributed by atoms with Gasteiger partial charge in [-0.15, -0.1) is 0 Å². The van der Waals surface area contributed by atoms with Crippen molar-refractivity contribution in [1.29, 1.82) is 0 Å². The highest BCUT2D eigenvalue weighted by Gasteiger charge is 2.47. The predicted molar refractivity (Wildman–Crippen MR) is 97.3 cm³/mol. The van der Waals surface area contributed by atoms with Gasteiger partial charge in [0.25, 0.3) is 5.91 Å². The number of benzene rings is 1. The lowest BCUT2D eigenvalue weighted by molar-refractivity contribution is -0.117. The SMILES string of the molecule is COc1ccc(CC(=O)N=C2S[C@H]3CS(=O)(=O)C[C@H]3N2C)cc1OC. The summed E-state index contributed by atoms with van der Waals surface area (Å²) in [6, 6.07) is 5.21. The second kappa shape index (κ2) is 6.87. The fourth-order valence-electron chi connectivity index (χ4n) is 3.05. The van der Waals surface area contributed by atoms with Gasteiger partial charge in [0.1, 0.15) is 0 Å². The van der Waals surface area contributed by atoms with Gasteiger partial charge >= 0.3 is 0 Å². The Balaban J connectivity index is 1.70. The molecule has 0 radical (unpaired) electrons. The van der Waals surface area contributed by atoms with Crippen LogP contribution in [0, 0.1) is 0 Å². The van der Waals surface area contributed by atoms with E-state index >= 15 is 0 Å². The van der Waals surface area contributed by atoms with Gasteiger partial charge in [-0.3, -0.25) is 4.79 Å². The normalized spacial score (nSPS) is 25.9. The lowest BCUT2D eigenvalue weighted by Crippen LogP contribution is -2.34. The summed E-state index contributed by atoms with van der Waals surface area (Å²) in [6.45, 7) is 0. The molecule has 1 aromatic rings. The number of fused-ring (bicyclic) bond motifs is 1. The van der Waals surface area contributed by atoms with Crippen molar-refractivity contribution in [2.75, 3.05) is 32.8 Å². The highest BCUT2D eigenvalue weighted by Crippen LogP contribution is 2.37. The largest absolute Gasteiger partial charge is 0.493 e. The molecule has 136 valence electrons. The molecule has 0 bridgehead atoms. The number of aliphatic imine (C=N–C) groups is 1. The first-order chi connectivity index (χ1) is 11.8. The van der Waals surface area contributed by atoms with Crippen LogP contribution in [-0.4, -0.2) is 68.5 Å². The molecule has 3 rings (SSSR count). The Hall–Kier alpha value is -1.74. The highest BCUT2D eigenvalue weighted by molar-refractivity contribution is 8.15. The monoisotopic (exact) mass is 384 g/mol. The van der Waals surface area contributed by atoms with Gasteiger partial charge in [0, 0.05) is 12.3 Å². The van der Waals surface area contributed by atoms with E-state index in [2.05, 4.69) is 4.99 Å². The summed E-state index contributed by atoms with van der Waals surface area (Å²) in [5, 5.41) is 0.554. The first-order valence-corrected chi connectivity index (χ1v) is 10.5. The summed E-state index contributed by atoms with van der Waals surface area (Å²) < 4.78 is 33.8. The van der Waals surface area contributed by atoms with Crippen LogP contribution < -0.4 is 9.47 Å². The molecule has 25 heavy (non-hydrogen) atoms. The number of amides is 1. The van der Waals surface area contributed by atoms with Gasteiger partial charge in [-0.25, -0.2) is 8.42 Å². The van der Waals surface area contributed by atoms with Gasteiger partial charge < -0.3 is 14.4 Å². The van der Waals surface area contributed by atoms with Gasteiger partial charge in [-0.05, 0) is 17.7 Å². The van der Waals surface area contributed by atoms with Gasteiger partial charge in [-0.2, -0.15) is 4.99 Å². The summed E-state index contributed by atoms with van der Waals surface area (Å²) in [7, 11) is 1.91. The Labute approximate surface area is 151 Å². The molecular weight excluding hydrogens is 364 g/mol. The third-order valence-corrected chi connectivity index (χ3v) is 7.65. The number of carbonyl (C=O) groups excluding carboxylic acids is 1. The zero-order valence-electron chi connectivity index (χ0n) is 14.3. The van der Waals surface area contributed by atoms with Crippen LogP contribution in [0.2, 0.25) is 0 Å². The molecule has 1 aromatic carbocycles. The summed E-state index contributed by atoms with van der Waals surface area (Å²) in [5.74, 6) is 1.17. The predicted octanol–water partition coefficient (Wildman–Crippen LogP) is 0.973. The Kier molecular flexibility index (Phi) is 4.97. The Morgan fingerprint density at radius 2 is 2.00 bits per heavy atom. The third-order valence-electron chi connectivity index (χ3n) is 4.35. The number of carbonyl (C=O) groups is 1. The van der Waals surface area contributed by atoms with Gasteiger partial charge in [0.05, 0.1) is 38.2 Å². The topological polar surface area (TPSA) is 85.3 Å². The van der Waals surface area contributed by atoms with Crippen LogP contribution in [0.4, 0.5) is 0 Å². The maximum absolute atomic E-state index is 12.3. The minimum absolute atomic E-state index is 0.0392. The summed E-state index contributed by atoms with van der Waals surface area (Å²) in [4.78, 5) is 18.3. The van der Waals surface area contributed by atoms with Crippen molar-refractivity contribution in [1.82, 2.24) is 4.90 Å². The number of ether oxygens (including phenoxy) is 2. The zero-order chi connectivity index (χ0) is 18.2. The smallest absolute Gasteiger partial charge is 0.252 e. The minimum Gasteiger partial charge on any atom is -0.493 e. The van der Waals surface area contributed by atoms with Crippen LogP contribution in [0.15, 0.2) is 23.2 Å². The van der Waals surface area contributed by atoms with E-state index in [1.54, 1.807) is 39.5 Å². The lowest BCUT2D eigenvalue weighted by atomic mass is 10.1. The number of methoxy groups -OCH3 is 2. The van der Waals surface area contributed by atoms with Crippen molar-refractivity contribution in [3.63, 3.8) is 0 Å². The number of sulfone groups is 1. The molecular formula is C16H20N2O5S2. The zero-order valence-corrected chi connectivity index (χ0v) is 15.9. The molecule has 2 aliphatic rings. The number of thioether (sulfide) groups is 1. The molecule has 7 nitrogen and oxygen atoms in total. The quantitative estimate of drug-likeness (QED) is 0.765. The molecule has 2 fully saturated rings. The van der Waals surface area contributed by atoms with E-state index in [0.29, 0.717) is 16.7 Å². The van der Waals surface area contributed by atoms with E-state index < -0.39 is 9.84 Å². The maximum atomic E-state index is 12.3. The van der Waals surface area contributed by atoms with Crippen LogP contribution in [-0.2, 0) is 21.1 Å².